The summed E-state index contributed by atoms with van der Waals surface area (Å²) in [7, 11) is 4.04. The molecule has 8 nitrogen and oxygen atoms in total. The maximum absolute atomic E-state index is 12.8. The van der Waals surface area contributed by atoms with Crippen molar-refractivity contribution in [3.8, 4) is 11.8 Å². The summed E-state index contributed by atoms with van der Waals surface area (Å²) in [5.41, 5.74) is 5.81. The Bertz CT molecular complexity index is 1360. The van der Waals surface area contributed by atoms with E-state index >= 15 is 0 Å². The highest BCUT2D eigenvalue weighted by Crippen LogP contribution is 2.25. The van der Waals surface area contributed by atoms with Crippen molar-refractivity contribution < 1.29 is 27.9 Å². The van der Waals surface area contributed by atoms with Crippen LogP contribution in [0.25, 0.3) is 5.69 Å². The van der Waals surface area contributed by atoms with Crippen LogP contribution in [0.15, 0.2) is 42.5 Å². The lowest BCUT2D eigenvalue weighted by Crippen LogP contribution is -2.28. The first-order chi connectivity index (χ1) is 18.3. The van der Waals surface area contributed by atoms with E-state index in [0.717, 1.165) is 41.2 Å². The van der Waals surface area contributed by atoms with E-state index in [2.05, 4.69) is 16.3 Å². The summed E-state index contributed by atoms with van der Waals surface area (Å²) in [5.74, 6) is -2.81. The number of benzene rings is 2. The van der Waals surface area contributed by atoms with Crippen molar-refractivity contribution in [1.29, 1.82) is 5.26 Å². The Balaban J connectivity index is 0.000000673. The summed E-state index contributed by atoms with van der Waals surface area (Å²) < 4.78 is 33.6. The molecule has 0 aliphatic carbocycles. The first kappa shape index (κ1) is 31.3. The molecular formula is C27H29ClF3N5O3. The van der Waals surface area contributed by atoms with Crippen LogP contribution in [0.2, 0.25) is 5.02 Å². The maximum atomic E-state index is 12.8. The summed E-state index contributed by atoms with van der Waals surface area (Å²) in [6.45, 7) is 5.54. The van der Waals surface area contributed by atoms with Crippen LogP contribution < -0.4 is 5.32 Å². The summed E-state index contributed by atoms with van der Waals surface area (Å²) in [6, 6.07) is 15.1. The fourth-order valence-electron chi connectivity index (χ4n) is 3.69. The smallest absolute Gasteiger partial charge is 0.475 e. The molecule has 12 heteroatoms. The van der Waals surface area contributed by atoms with Crippen LogP contribution in [-0.2, 0) is 11.2 Å². The number of alkyl halides is 3. The van der Waals surface area contributed by atoms with Gasteiger partial charge in [0.15, 0.2) is 0 Å². The zero-order chi connectivity index (χ0) is 29.3. The van der Waals surface area contributed by atoms with Crippen molar-refractivity contribution in [1.82, 2.24) is 20.0 Å². The average Bonchev–Trinajstić information content (AvgIpc) is 3.14. The topological polar surface area (TPSA) is 111 Å². The monoisotopic (exact) mass is 563 g/mol. The van der Waals surface area contributed by atoms with Gasteiger partial charge in [-0.3, -0.25) is 4.79 Å². The molecule has 0 fully saturated rings. The van der Waals surface area contributed by atoms with E-state index in [4.69, 9.17) is 31.9 Å². The molecule has 1 heterocycles. The number of hydrogen-bond acceptors (Lipinski definition) is 5. The van der Waals surface area contributed by atoms with Crippen LogP contribution in [-0.4, -0.2) is 65.0 Å². The Labute approximate surface area is 229 Å². The van der Waals surface area contributed by atoms with Gasteiger partial charge in [0.25, 0.3) is 5.91 Å². The van der Waals surface area contributed by atoms with Gasteiger partial charge in [-0.2, -0.15) is 23.5 Å². The molecule has 1 amide bonds. The van der Waals surface area contributed by atoms with Gasteiger partial charge in [0.05, 0.1) is 22.0 Å². The largest absolute Gasteiger partial charge is 0.490 e. The first-order valence-corrected chi connectivity index (χ1v) is 12.2. The molecule has 3 rings (SSSR count). The predicted molar refractivity (Wildman–Crippen MR) is 141 cm³/mol. The van der Waals surface area contributed by atoms with Crippen molar-refractivity contribution in [2.24, 2.45) is 0 Å². The molecular weight excluding hydrogens is 535 g/mol. The lowest BCUT2D eigenvalue weighted by Gasteiger charge is -2.12. The number of amides is 1. The highest BCUT2D eigenvalue weighted by Gasteiger charge is 2.38. The standard InChI is InChI=1S/C25H28ClN5O.C2HF3O2/c1-17-23(18(2)31(29-17)21-11-10-20(16-27)24(26)15-21)14-19-8-5-6-9-22(19)25(32)28-12-7-13-30(3)4;3-2(4,5)1(6)7/h5-6,8-11,15H,7,12-14H2,1-4H3,(H,28,32);(H,6,7). The van der Waals surface area contributed by atoms with Gasteiger partial charge in [-0.05, 0) is 70.7 Å². The van der Waals surface area contributed by atoms with Crippen LogP contribution in [0, 0.1) is 25.2 Å². The minimum absolute atomic E-state index is 0.0547. The van der Waals surface area contributed by atoms with E-state index in [1.54, 1.807) is 12.1 Å². The lowest BCUT2D eigenvalue weighted by molar-refractivity contribution is -0.192. The van der Waals surface area contributed by atoms with Gasteiger partial charge in [-0.25, -0.2) is 9.48 Å². The van der Waals surface area contributed by atoms with E-state index in [-0.39, 0.29) is 5.91 Å². The number of nitrogens with zero attached hydrogens (tertiary/aromatic N) is 4. The highest BCUT2D eigenvalue weighted by atomic mass is 35.5. The van der Waals surface area contributed by atoms with Crippen LogP contribution in [0.4, 0.5) is 13.2 Å². The van der Waals surface area contributed by atoms with E-state index in [1.165, 1.54) is 0 Å². The number of aliphatic carboxylic acids is 1. The summed E-state index contributed by atoms with van der Waals surface area (Å²) >= 11 is 6.22. The van der Waals surface area contributed by atoms with Gasteiger partial charge in [0.2, 0.25) is 0 Å². The van der Waals surface area contributed by atoms with Crippen LogP contribution in [0.1, 0.15) is 44.9 Å². The van der Waals surface area contributed by atoms with Gasteiger partial charge in [-0.1, -0.05) is 29.8 Å². The molecule has 0 saturated carbocycles. The van der Waals surface area contributed by atoms with Gasteiger partial charge >= 0.3 is 12.1 Å². The molecule has 0 aliphatic heterocycles. The Morgan fingerprint density at radius 2 is 1.82 bits per heavy atom. The first-order valence-electron chi connectivity index (χ1n) is 11.8. The number of carbonyl (C=O) groups is 2. The second kappa shape index (κ2) is 13.8. The Hall–Kier alpha value is -3.88. The number of aryl methyl sites for hydroxylation is 1. The van der Waals surface area contributed by atoms with Gasteiger partial charge in [0, 0.05) is 29.8 Å². The number of aromatic nitrogens is 2. The SMILES string of the molecule is Cc1nn(-c2ccc(C#N)c(Cl)c2)c(C)c1Cc1ccccc1C(=O)NCCCN(C)C.O=C(O)C(F)(F)F. The Kier molecular flexibility index (Phi) is 11.1. The number of hydrogen-bond donors (Lipinski definition) is 2. The zero-order valence-corrected chi connectivity index (χ0v) is 22.7. The molecule has 2 N–H and O–H groups in total. The molecule has 0 unspecified atom stereocenters. The number of rotatable bonds is 8. The molecule has 0 aliphatic rings. The van der Waals surface area contributed by atoms with E-state index in [1.807, 2.05) is 63.0 Å². The number of carboxylic acids is 1. The van der Waals surface area contributed by atoms with Crippen LogP contribution in [0.5, 0.6) is 0 Å². The molecule has 0 bridgehead atoms. The Morgan fingerprint density at radius 3 is 2.38 bits per heavy atom. The lowest BCUT2D eigenvalue weighted by atomic mass is 9.98. The molecule has 2 aromatic carbocycles. The van der Waals surface area contributed by atoms with E-state index < -0.39 is 12.1 Å². The average molecular weight is 564 g/mol. The highest BCUT2D eigenvalue weighted by molar-refractivity contribution is 6.31. The normalized spacial score (nSPS) is 11.0. The van der Waals surface area contributed by atoms with Crippen molar-refractivity contribution in [2.75, 3.05) is 27.2 Å². The summed E-state index contributed by atoms with van der Waals surface area (Å²) in [4.78, 5) is 23.8. The van der Waals surface area contributed by atoms with Gasteiger partial charge < -0.3 is 15.3 Å². The zero-order valence-electron chi connectivity index (χ0n) is 21.9. The molecule has 3 aromatic rings. The van der Waals surface area contributed by atoms with E-state index in [0.29, 0.717) is 29.1 Å². The molecule has 1 aromatic heterocycles. The molecule has 208 valence electrons. The van der Waals surface area contributed by atoms with Gasteiger partial charge in [-0.15, -0.1) is 0 Å². The van der Waals surface area contributed by atoms with Crippen LogP contribution in [0.3, 0.4) is 0 Å². The minimum atomic E-state index is -5.08. The second-order valence-corrected chi connectivity index (χ2v) is 9.29. The fraction of sp³-hybridized carbons (Fsp3) is 0.333. The number of nitriles is 1. The van der Waals surface area contributed by atoms with Crippen LogP contribution >= 0.6 is 11.6 Å². The minimum Gasteiger partial charge on any atom is -0.475 e. The van der Waals surface area contributed by atoms with Crippen molar-refractivity contribution in [2.45, 2.75) is 32.9 Å². The van der Waals surface area contributed by atoms with Gasteiger partial charge in [0.1, 0.15) is 6.07 Å². The molecule has 0 spiro atoms. The fourth-order valence-corrected chi connectivity index (χ4v) is 3.90. The number of halogens is 4. The Morgan fingerprint density at radius 1 is 1.18 bits per heavy atom. The molecule has 0 saturated heterocycles. The van der Waals surface area contributed by atoms with E-state index in [9.17, 15) is 18.0 Å². The number of carbonyl (C=O) groups excluding carboxylic acids is 1. The number of carboxylic acid groups (broad SMARTS) is 1. The third kappa shape index (κ3) is 8.84. The molecule has 0 atom stereocenters. The third-order valence-corrected chi connectivity index (χ3v) is 6.01. The van der Waals surface area contributed by atoms with Crippen molar-refractivity contribution >= 4 is 23.5 Å². The predicted octanol–water partition coefficient (Wildman–Crippen LogP) is 4.92. The third-order valence-electron chi connectivity index (χ3n) is 5.70. The number of nitrogens with one attached hydrogen (secondary N) is 1. The van der Waals surface area contributed by atoms with Crippen molar-refractivity contribution in [3.63, 3.8) is 0 Å². The summed E-state index contributed by atoms with van der Waals surface area (Å²) in [6.07, 6.45) is -3.58. The molecule has 39 heavy (non-hydrogen) atoms. The molecule has 0 radical (unpaired) electrons. The quantitative estimate of drug-likeness (QED) is 0.376. The maximum Gasteiger partial charge on any atom is 0.490 e. The second-order valence-electron chi connectivity index (χ2n) is 8.89. The summed E-state index contributed by atoms with van der Waals surface area (Å²) in [5, 5.41) is 24.4. The van der Waals surface area contributed by atoms with Crippen molar-refractivity contribution in [3.05, 3.63) is 81.1 Å².